The Balaban J connectivity index is 1.30. The Bertz CT molecular complexity index is 751. The van der Waals surface area contributed by atoms with Crippen molar-refractivity contribution in [1.29, 1.82) is 0 Å². The van der Waals surface area contributed by atoms with Crippen LogP contribution in [0.25, 0.3) is 5.65 Å². The molecule has 7 heteroatoms. The van der Waals surface area contributed by atoms with E-state index >= 15 is 0 Å². The van der Waals surface area contributed by atoms with Gasteiger partial charge in [-0.3, -0.25) is 4.90 Å². The van der Waals surface area contributed by atoms with E-state index in [9.17, 15) is 5.11 Å². The SMILES string of the molecule is CN(C1CN(c2ccc3nnc(C4CC4)n3n2)C1)C1CCCC1O. The van der Waals surface area contributed by atoms with E-state index in [1.165, 1.54) is 12.8 Å². The first-order valence-corrected chi connectivity index (χ1v) is 9.08. The summed E-state index contributed by atoms with van der Waals surface area (Å²) in [5.41, 5.74) is 0.837. The third-order valence-corrected chi connectivity index (χ3v) is 5.94. The van der Waals surface area contributed by atoms with Crippen molar-refractivity contribution in [1.82, 2.24) is 24.7 Å². The van der Waals surface area contributed by atoms with Crippen LogP contribution in [0.4, 0.5) is 5.82 Å². The van der Waals surface area contributed by atoms with E-state index in [0.29, 0.717) is 18.0 Å². The molecule has 5 rings (SSSR count). The summed E-state index contributed by atoms with van der Waals surface area (Å²) in [7, 11) is 2.16. The van der Waals surface area contributed by atoms with Crippen LogP contribution in [0.1, 0.15) is 43.8 Å². The molecule has 0 aromatic carbocycles. The lowest BCUT2D eigenvalue weighted by molar-refractivity contribution is 0.0525. The Labute approximate surface area is 141 Å². The van der Waals surface area contributed by atoms with Gasteiger partial charge in [0.25, 0.3) is 0 Å². The molecule has 2 aromatic rings. The molecule has 3 heterocycles. The number of aromatic nitrogens is 4. The van der Waals surface area contributed by atoms with Crippen molar-refractivity contribution in [2.75, 3.05) is 25.0 Å². The van der Waals surface area contributed by atoms with Crippen LogP contribution in [0.3, 0.4) is 0 Å². The van der Waals surface area contributed by atoms with Crippen LogP contribution in [-0.4, -0.2) is 68.1 Å². The van der Waals surface area contributed by atoms with Gasteiger partial charge in [0.1, 0.15) is 5.82 Å². The summed E-state index contributed by atoms with van der Waals surface area (Å²) in [4.78, 5) is 4.68. The predicted octanol–water partition coefficient (Wildman–Crippen LogP) is 1.04. The molecule has 0 amide bonds. The quantitative estimate of drug-likeness (QED) is 0.904. The van der Waals surface area contributed by atoms with Crippen LogP contribution >= 0.6 is 0 Å². The largest absolute Gasteiger partial charge is 0.391 e. The average molecular weight is 328 g/mol. The molecule has 2 atom stereocenters. The Morgan fingerprint density at radius 2 is 1.96 bits per heavy atom. The molecule has 2 aromatic heterocycles. The maximum Gasteiger partial charge on any atom is 0.178 e. The number of likely N-dealkylation sites (N-methyl/N-ethyl adjacent to an activating group) is 1. The van der Waals surface area contributed by atoms with Crippen LogP contribution in [0, 0.1) is 0 Å². The van der Waals surface area contributed by atoms with E-state index in [1.54, 1.807) is 0 Å². The highest BCUT2D eigenvalue weighted by atomic mass is 16.3. The molecule has 24 heavy (non-hydrogen) atoms. The zero-order valence-electron chi connectivity index (χ0n) is 14.0. The molecule has 2 aliphatic carbocycles. The second-order valence-corrected chi connectivity index (χ2v) is 7.58. The second-order valence-electron chi connectivity index (χ2n) is 7.58. The Morgan fingerprint density at radius 1 is 1.12 bits per heavy atom. The van der Waals surface area contributed by atoms with Crippen molar-refractivity contribution in [2.24, 2.45) is 0 Å². The highest BCUT2D eigenvalue weighted by Gasteiger charge is 2.38. The molecule has 1 N–H and O–H groups in total. The minimum Gasteiger partial charge on any atom is -0.391 e. The number of rotatable bonds is 4. The Morgan fingerprint density at radius 3 is 2.67 bits per heavy atom. The van der Waals surface area contributed by atoms with Gasteiger partial charge in [0.2, 0.25) is 0 Å². The monoisotopic (exact) mass is 328 g/mol. The zero-order chi connectivity index (χ0) is 16.3. The van der Waals surface area contributed by atoms with Gasteiger partial charge in [0.15, 0.2) is 11.5 Å². The number of fused-ring (bicyclic) bond motifs is 1. The maximum absolute atomic E-state index is 10.1. The summed E-state index contributed by atoms with van der Waals surface area (Å²) in [5.74, 6) is 2.55. The van der Waals surface area contributed by atoms with Crippen LogP contribution in [0.2, 0.25) is 0 Å². The lowest BCUT2D eigenvalue weighted by Crippen LogP contribution is -2.62. The smallest absolute Gasteiger partial charge is 0.178 e. The molecule has 0 bridgehead atoms. The molecule has 1 aliphatic heterocycles. The summed E-state index contributed by atoms with van der Waals surface area (Å²) >= 11 is 0. The molecular weight excluding hydrogens is 304 g/mol. The van der Waals surface area contributed by atoms with Gasteiger partial charge < -0.3 is 10.0 Å². The fourth-order valence-electron chi connectivity index (χ4n) is 4.13. The zero-order valence-corrected chi connectivity index (χ0v) is 14.0. The maximum atomic E-state index is 10.1. The van der Waals surface area contributed by atoms with E-state index in [2.05, 4.69) is 27.0 Å². The highest BCUT2D eigenvalue weighted by Crippen LogP contribution is 2.39. The predicted molar refractivity (Wildman–Crippen MR) is 90.2 cm³/mol. The molecule has 7 nitrogen and oxygen atoms in total. The van der Waals surface area contributed by atoms with Crippen molar-refractivity contribution >= 4 is 11.5 Å². The normalized spacial score (nSPS) is 28.0. The fourth-order valence-corrected chi connectivity index (χ4v) is 4.13. The molecule has 128 valence electrons. The van der Waals surface area contributed by atoms with Crippen LogP contribution in [-0.2, 0) is 0 Å². The lowest BCUT2D eigenvalue weighted by atomic mass is 10.0. The highest BCUT2D eigenvalue weighted by molar-refractivity contribution is 5.48. The molecule has 0 radical (unpaired) electrons. The molecular formula is C17H24N6O. The van der Waals surface area contributed by atoms with Gasteiger partial charge in [-0.15, -0.1) is 15.3 Å². The molecule has 1 saturated heterocycles. The van der Waals surface area contributed by atoms with Gasteiger partial charge in [-0.05, 0) is 51.3 Å². The standard InChI is InChI=1S/C17H24N6O/c1-21(13-3-2-4-14(13)24)12-9-22(10-12)16-8-7-15-18-19-17(11-5-6-11)23(15)20-16/h7-8,11-14,24H,2-6,9-10H2,1H3. The van der Waals surface area contributed by atoms with E-state index < -0.39 is 0 Å². The third-order valence-electron chi connectivity index (χ3n) is 5.94. The van der Waals surface area contributed by atoms with E-state index in [0.717, 1.165) is 49.6 Å². The van der Waals surface area contributed by atoms with Gasteiger partial charge in [-0.25, -0.2) is 0 Å². The second kappa shape index (κ2) is 5.39. The summed E-state index contributed by atoms with van der Waals surface area (Å²) in [6, 6.07) is 4.89. The minimum atomic E-state index is -0.156. The fraction of sp³-hybridized carbons (Fsp3) is 0.706. The number of aliphatic hydroxyl groups is 1. The van der Waals surface area contributed by atoms with Gasteiger partial charge >= 0.3 is 0 Å². The first-order chi connectivity index (χ1) is 11.7. The summed E-state index contributed by atoms with van der Waals surface area (Å²) < 4.78 is 1.92. The Kier molecular flexibility index (Phi) is 3.28. The molecule has 3 aliphatic rings. The molecule has 3 fully saturated rings. The summed E-state index contributed by atoms with van der Waals surface area (Å²) in [6.45, 7) is 1.94. The van der Waals surface area contributed by atoms with Crippen LogP contribution < -0.4 is 4.90 Å². The van der Waals surface area contributed by atoms with Gasteiger partial charge in [0, 0.05) is 31.1 Å². The Hall–Kier alpha value is -1.73. The first-order valence-electron chi connectivity index (χ1n) is 9.08. The number of anilines is 1. The van der Waals surface area contributed by atoms with Crippen molar-refractivity contribution in [2.45, 2.75) is 56.2 Å². The summed E-state index contributed by atoms with van der Waals surface area (Å²) in [6.07, 6.45) is 5.45. The third kappa shape index (κ3) is 2.29. The van der Waals surface area contributed by atoms with Crippen molar-refractivity contribution in [3.8, 4) is 0 Å². The van der Waals surface area contributed by atoms with Gasteiger partial charge in [-0.1, -0.05) is 0 Å². The van der Waals surface area contributed by atoms with Gasteiger partial charge in [0.05, 0.1) is 6.10 Å². The van der Waals surface area contributed by atoms with Crippen molar-refractivity contribution in [3.05, 3.63) is 18.0 Å². The number of aliphatic hydroxyl groups excluding tert-OH is 1. The number of nitrogens with zero attached hydrogens (tertiary/aromatic N) is 6. The van der Waals surface area contributed by atoms with E-state index in [1.807, 2.05) is 16.6 Å². The van der Waals surface area contributed by atoms with Gasteiger partial charge in [-0.2, -0.15) is 4.52 Å². The van der Waals surface area contributed by atoms with Crippen LogP contribution in [0.5, 0.6) is 0 Å². The molecule has 2 saturated carbocycles. The van der Waals surface area contributed by atoms with E-state index in [4.69, 9.17) is 5.10 Å². The molecule has 2 unspecified atom stereocenters. The van der Waals surface area contributed by atoms with E-state index in [-0.39, 0.29) is 6.10 Å². The summed E-state index contributed by atoms with van der Waals surface area (Å²) in [5, 5.41) is 23.4. The topological polar surface area (TPSA) is 69.8 Å². The minimum absolute atomic E-state index is 0.156. The molecule has 0 spiro atoms. The number of hydrogen-bond donors (Lipinski definition) is 1. The first kappa shape index (κ1) is 14.6. The van der Waals surface area contributed by atoms with Crippen LogP contribution in [0.15, 0.2) is 12.1 Å². The van der Waals surface area contributed by atoms with Crippen molar-refractivity contribution < 1.29 is 5.11 Å². The lowest BCUT2D eigenvalue weighted by Gasteiger charge is -2.47. The van der Waals surface area contributed by atoms with Crippen molar-refractivity contribution in [3.63, 3.8) is 0 Å². The average Bonchev–Trinajstić information content (AvgIpc) is 3.14. The number of hydrogen-bond acceptors (Lipinski definition) is 6.